The average molecular weight is 448 g/mol. The minimum absolute atomic E-state index is 0.0189. The second kappa shape index (κ2) is 9.98. The fourth-order valence-corrected chi connectivity index (χ4v) is 3.27. The molecule has 1 aliphatic rings. The van der Waals surface area contributed by atoms with E-state index in [4.69, 9.17) is 4.74 Å². The van der Waals surface area contributed by atoms with Crippen LogP contribution < -0.4 is 10.1 Å². The van der Waals surface area contributed by atoms with Gasteiger partial charge in [0, 0.05) is 29.3 Å². The number of nitrogens with zero attached hydrogens (tertiary/aromatic N) is 2. The van der Waals surface area contributed by atoms with Crippen LogP contribution in [0.4, 0.5) is 13.2 Å². The van der Waals surface area contributed by atoms with Gasteiger partial charge in [-0.2, -0.15) is 13.2 Å². The van der Waals surface area contributed by atoms with Crippen LogP contribution in [-0.4, -0.2) is 29.9 Å². The SMILES string of the molecule is C/C=C(N=O)\C(=C/CNC1CCC(Oc2cc(Br)ccn2)CC1)C(F)(F)F. The summed E-state index contributed by atoms with van der Waals surface area (Å²) in [4.78, 5) is 14.8. The number of allylic oxidation sites excluding steroid dienone is 2. The molecule has 2 rings (SSSR count). The molecule has 0 unspecified atom stereocenters. The van der Waals surface area contributed by atoms with Gasteiger partial charge in [0.25, 0.3) is 0 Å². The second-order valence-corrected chi connectivity index (χ2v) is 7.11. The Balaban J connectivity index is 1.83. The Hall–Kier alpha value is -1.74. The molecular formula is C18H21BrF3N3O2. The number of halogens is 4. The van der Waals surface area contributed by atoms with Crippen molar-refractivity contribution in [3.63, 3.8) is 0 Å². The highest BCUT2D eigenvalue weighted by molar-refractivity contribution is 9.10. The minimum Gasteiger partial charge on any atom is -0.474 e. The van der Waals surface area contributed by atoms with Crippen LogP contribution >= 0.6 is 15.9 Å². The van der Waals surface area contributed by atoms with E-state index in [1.165, 1.54) is 6.92 Å². The van der Waals surface area contributed by atoms with Gasteiger partial charge >= 0.3 is 6.18 Å². The van der Waals surface area contributed by atoms with Crippen molar-refractivity contribution in [1.82, 2.24) is 10.3 Å². The van der Waals surface area contributed by atoms with Crippen LogP contribution in [0.25, 0.3) is 0 Å². The van der Waals surface area contributed by atoms with Crippen LogP contribution in [-0.2, 0) is 0 Å². The number of ether oxygens (including phenoxy) is 1. The Bertz CT molecular complexity index is 699. The highest BCUT2D eigenvalue weighted by atomic mass is 79.9. The van der Waals surface area contributed by atoms with E-state index in [2.05, 4.69) is 31.4 Å². The Morgan fingerprint density at radius 1 is 1.41 bits per heavy atom. The van der Waals surface area contributed by atoms with Crippen molar-refractivity contribution in [1.29, 1.82) is 0 Å². The van der Waals surface area contributed by atoms with E-state index in [0.29, 0.717) is 5.88 Å². The maximum absolute atomic E-state index is 13.0. The molecule has 0 aliphatic heterocycles. The van der Waals surface area contributed by atoms with Gasteiger partial charge in [0.2, 0.25) is 5.88 Å². The van der Waals surface area contributed by atoms with E-state index >= 15 is 0 Å². The number of pyridine rings is 1. The lowest BCUT2D eigenvalue weighted by Crippen LogP contribution is -2.36. The number of rotatable bonds is 7. The molecule has 0 amide bonds. The number of aromatic nitrogens is 1. The van der Waals surface area contributed by atoms with Crippen molar-refractivity contribution in [2.75, 3.05) is 6.54 Å². The van der Waals surface area contributed by atoms with Gasteiger partial charge in [-0.05, 0) is 43.9 Å². The molecule has 0 aromatic carbocycles. The first-order valence-corrected chi connectivity index (χ1v) is 9.41. The van der Waals surface area contributed by atoms with Gasteiger partial charge in [-0.25, -0.2) is 4.98 Å². The van der Waals surface area contributed by atoms with E-state index in [-0.39, 0.29) is 18.7 Å². The molecule has 9 heteroatoms. The molecule has 1 aromatic heterocycles. The first-order chi connectivity index (χ1) is 12.8. The summed E-state index contributed by atoms with van der Waals surface area (Å²) >= 11 is 3.37. The van der Waals surface area contributed by atoms with E-state index < -0.39 is 17.4 Å². The number of nitroso groups, excluding NO2 is 1. The summed E-state index contributed by atoms with van der Waals surface area (Å²) in [6.45, 7) is 1.37. The molecule has 1 aromatic rings. The van der Waals surface area contributed by atoms with Gasteiger partial charge in [0.15, 0.2) is 0 Å². The Kier molecular flexibility index (Phi) is 7.97. The first-order valence-electron chi connectivity index (χ1n) is 8.62. The predicted octanol–water partition coefficient (Wildman–Crippen LogP) is 5.28. The largest absolute Gasteiger partial charge is 0.474 e. The van der Waals surface area contributed by atoms with Gasteiger partial charge in [-0.1, -0.05) is 28.1 Å². The second-order valence-electron chi connectivity index (χ2n) is 6.19. The number of alkyl halides is 3. The van der Waals surface area contributed by atoms with Crippen molar-refractivity contribution >= 4 is 15.9 Å². The van der Waals surface area contributed by atoms with Crippen molar-refractivity contribution in [2.45, 2.75) is 50.9 Å². The predicted molar refractivity (Wildman–Crippen MR) is 100 cm³/mol. The smallest absolute Gasteiger partial charge is 0.418 e. The third kappa shape index (κ3) is 6.73. The number of hydrogen-bond acceptors (Lipinski definition) is 5. The van der Waals surface area contributed by atoms with Crippen molar-refractivity contribution in [3.8, 4) is 5.88 Å². The van der Waals surface area contributed by atoms with Crippen molar-refractivity contribution in [3.05, 3.63) is 51.1 Å². The van der Waals surface area contributed by atoms with Crippen LogP contribution in [0.1, 0.15) is 32.6 Å². The summed E-state index contributed by atoms with van der Waals surface area (Å²) in [5.74, 6) is 0.554. The Labute approximate surface area is 164 Å². The van der Waals surface area contributed by atoms with Crippen molar-refractivity contribution < 1.29 is 17.9 Å². The standard InChI is InChI=1S/C18H21BrF3N3O2/c1-2-16(25-26)15(18(20,21)22)8-10-23-13-3-5-14(6-4-13)27-17-11-12(19)7-9-24-17/h2,7-9,11,13-14,23H,3-6,10H2,1H3/b15-8+,16-2+. The lowest BCUT2D eigenvalue weighted by molar-refractivity contribution is -0.0896. The molecule has 27 heavy (non-hydrogen) atoms. The van der Waals surface area contributed by atoms with E-state index in [1.54, 1.807) is 12.3 Å². The topological polar surface area (TPSA) is 63.6 Å². The van der Waals surface area contributed by atoms with E-state index in [9.17, 15) is 18.1 Å². The molecule has 1 fully saturated rings. The molecular weight excluding hydrogens is 427 g/mol. The fraction of sp³-hybridized carbons (Fsp3) is 0.500. The van der Waals surface area contributed by atoms with Crippen LogP contribution in [0.3, 0.4) is 0 Å². The third-order valence-corrected chi connectivity index (χ3v) is 4.82. The van der Waals surface area contributed by atoms with Crippen molar-refractivity contribution in [2.24, 2.45) is 5.18 Å². The molecule has 0 atom stereocenters. The Morgan fingerprint density at radius 2 is 2.11 bits per heavy atom. The molecule has 0 bridgehead atoms. The summed E-state index contributed by atoms with van der Waals surface area (Å²) in [6, 6.07) is 3.72. The van der Waals surface area contributed by atoms with Crippen LogP contribution in [0, 0.1) is 4.91 Å². The molecule has 0 radical (unpaired) electrons. The molecule has 5 nitrogen and oxygen atoms in total. The third-order valence-electron chi connectivity index (χ3n) is 4.32. The Morgan fingerprint density at radius 3 is 2.67 bits per heavy atom. The molecule has 1 heterocycles. The molecule has 0 spiro atoms. The highest BCUT2D eigenvalue weighted by Crippen LogP contribution is 2.31. The van der Waals surface area contributed by atoms with E-state index in [0.717, 1.165) is 42.3 Å². The van der Waals surface area contributed by atoms with Gasteiger partial charge in [0.1, 0.15) is 11.8 Å². The minimum atomic E-state index is -4.61. The lowest BCUT2D eigenvalue weighted by Gasteiger charge is -2.29. The zero-order valence-corrected chi connectivity index (χ0v) is 16.4. The van der Waals surface area contributed by atoms with Crippen LogP contribution in [0.15, 0.2) is 51.4 Å². The summed E-state index contributed by atoms with van der Waals surface area (Å²) in [7, 11) is 0. The van der Waals surface area contributed by atoms with Gasteiger partial charge < -0.3 is 10.1 Å². The number of nitrogens with one attached hydrogen (secondary N) is 1. The van der Waals surface area contributed by atoms with Crippen LogP contribution in [0.2, 0.25) is 0 Å². The highest BCUT2D eigenvalue weighted by Gasteiger charge is 2.36. The lowest BCUT2D eigenvalue weighted by atomic mass is 9.93. The quantitative estimate of drug-likeness (QED) is 0.455. The molecule has 1 N–H and O–H groups in total. The zero-order valence-electron chi connectivity index (χ0n) is 14.8. The molecule has 0 saturated heterocycles. The molecule has 1 saturated carbocycles. The van der Waals surface area contributed by atoms with Gasteiger partial charge in [0.05, 0.1) is 5.57 Å². The normalized spacial score (nSPS) is 21.8. The summed E-state index contributed by atoms with van der Waals surface area (Å²) < 4.78 is 45.8. The number of hydrogen-bond donors (Lipinski definition) is 1. The zero-order chi connectivity index (χ0) is 19.9. The summed E-state index contributed by atoms with van der Waals surface area (Å²) in [5, 5.41) is 5.56. The maximum Gasteiger partial charge on any atom is 0.418 e. The maximum atomic E-state index is 13.0. The molecule has 148 valence electrons. The molecule has 1 aliphatic carbocycles. The monoisotopic (exact) mass is 447 g/mol. The van der Waals surface area contributed by atoms with E-state index in [1.807, 2.05) is 6.07 Å². The summed E-state index contributed by atoms with van der Waals surface area (Å²) in [6.07, 6.45) is 2.28. The van der Waals surface area contributed by atoms with Gasteiger partial charge in [-0.3, -0.25) is 0 Å². The fourth-order valence-electron chi connectivity index (χ4n) is 2.96. The summed E-state index contributed by atoms with van der Waals surface area (Å²) in [5.41, 5.74) is -1.60. The average Bonchev–Trinajstić information content (AvgIpc) is 2.62. The van der Waals surface area contributed by atoms with Crippen LogP contribution in [0.5, 0.6) is 5.88 Å². The first kappa shape index (κ1) is 21.6. The van der Waals surface area contributed by atoms with Gasteiger partial charge in [-0.15, -0.1) is 4.91 Å².